The van der Waals surface area contributed by atoms with E-state index in [4.69, 9.17) is 4.42 Å². The van der Waals surface area contributed by atoms with E-state index in [0.29, 0.717) is 11.8 Å². The van der Waals surface area contributed by atoms with Crippen molar-refractivity contribution < 1.29 is 12.8 Å². The minimum absolute atomic E-state index is 0.00600. The molecule has 1 aliphatic rings. The van der Waals surface area contributed by atoms with Crippen LogP contribution >= 0.6 is 15.9 Å². The van der Waals surface area contributed by atoms with Crippen LogP contribution in [0.5, 0.6) is 0 Å². The summed E-state index contributed by atoms with van der Waals surface area (Å²) >= 11 is 3.41. The summed E-state index contributed by atoms with van der Waals surface area (Å²) in [5, 5.41) is -0.00600. The van der Waals surface area contributed by atoms with Gasteiger partial charge in [0, 0.05) is 23.1 Å². The molecule has 1 aliphatic heterocycles. The quantitative estimate of drug-likeness (QED) is 0.568. The summed E-state index contributed by atoms with van der Waals surface area (Å²) < 4.78 is 33.4. The molecule has 4 rings (SSSR count). The van der Waals surface area contributed by atoms with Crippen molar-refractivity contribution in [1.82, 2.24) is 4.98 Å². The average Bonchev–Trinajstić information content (AvgIpc) is 3.16. The molecule has 0 radical (unpaired) electrons. The predicted molar refractivity (Wildman–Crippen MR) is 108 cm³/mol. The lowest BCUT2D eigenvalue weighted by atomic mass is 10.1. The van der Waals surface area contributed by atoms with Crippen molar-refractivity contribution in [3.63, 3.8) is 0 Å². The third-order valence-corrected chi connectivity index (χ3v) is 6.82. The third kappa shape index (κ3) is 3.66. The van der Waals surface area contributed by atoms with E-state index in [1.165, 1.54) is 0 Å². The number of oxazole rings is 1. The van der Waals surface area contributed by atoms with E-state index in [9.17, 15) is 8.42 Å². The maximum Gasteiger partial charge on any atom is 0.236 e. The molecule has 0 amide bonds. The first-order valence-corrected chi connectivity index (χ1v) is 11.2. The zero-order chi connectivity index (χ0) is 18.9. The number of piperidine rings is 1. The molecule has 0 aliphatic carbocycles. The van der Waals surface area contributed by atoms with Crippen LogP contribution in [0.15, 0.2) is 73.4 Å². The Kier molecular flexibility index (Phi) is 5.06. The van der Waals surface area contributed by atoms with Crippen LogP contribution in [0.3, 0.4) is 0 Å². The maximum absolute atomic E-state index is 13.2. The summed E-state index contributed by atoms with van der Waals surface area (Å²) in [5.74, 6) is 0.661. The molecule has 0 N–H and O–H groups in total. The van der Waals surface area contributed by atoms with Crippen molar-refractivity contribution in [2.45, 2.75) is 29.2 Å². The van der Waals surface area contributed by atoms with Gasteiger partial charge < -0.3 is 9.32 Å². The van der Waals surface area contributed by atoms with Gasteiger partial charge in [-0.15, -0.1) is 0 Å². The largest absolute Gasteiger partial charge is 0.419 e. The van der Waals surface area contributed by atoms with Gasteiger partial charge in [0.1, 0.15) is 0 Å². The van der Waals surface area contributed by atoms with E-state index in [1.807, 2.05) is 29.2 Å². The molecule has 1 fully saturated rings. The van der Waals surface area contributed by atoms with E-state index in [2.05, 4.69) is 20.9 Å². The number of sulfone groups is 1. The summed E-state index contributed by atoms with van der Waals surface area (Å²) in [6.07, 6.45) is 3.17. The van der Waals surface area contributed by atoms with E-state index in [1.54, 1.807) is 30.3 Å². The number of rotatable bonds is 4. The highest BCUT2D eigenvalue weighted by Gasteiger charge is 2.31. The van der Waals surface area contributed by atoms with Crippen LogP contribution in [-0.4, -0.2) is 26.5 Å². The number of anilines is 1. The Bertz CT molecular complexity index is 1020. The molecule has 0 unspecified atom stereocenters. The van der Waals surface area contributed by atoms with E-state index >= 15 is 0 Å². The molecule has 0 bridgehead atoms. The van der Waals surface area contributed by atoms with Gasteiger partial charge in [-0.05, 0) is 55.7 Å². The number of halogens is 1. The fourth-order valence-electron chi connectivity index (χ4n) is 3.20. The van der Waals surface area contributed by atoms with E-state index in [-0.39, 0.29) is 9.92 Å². The fourth-order valence-corrected chi connectivity index (χ4v) is 4.80. The van der Waals surface area contributed by atoms with Gasteiger partial charge in [0.05, 0.1) is 4.90 Å². The van der Waals surface area contributed by atoms with Crippen LogP contribution in [0.2, 0.25) is 0 Å². The van der Waals surface area contributed by atoms with Gasteiger partial charge in [0.25, 0.3) is 0 Å². The summed E-state index contributed by atoms with van der Waals surface area (Å²) in [5.41, 5.74) is 0.742. The molecule has 7 heteroatoms. The minimum Gasteiger partial charge on any atom is -0.419 e. The maximum atomic E-state index is 13.2. The van der Waals surface area contributed by atoms with Gasteiger partial charge >= 0.3 is 0 Å². The van der Waals surface area contributed by atoms with Crippen molar-refractivity contribution in [3.05, 3.63) is 59.1 Å². The van der Waals surface area contributed by atoms with Crippen molar-refractivity contribution in [1.29, 1.82) is 0 Å². The highest BCUT2D eigenvalue weighted by Crippen LogP contribution is 2.36. The highest BCUT2D eigenvalue weighted by atomic mass is 79.9. The number of benzene rings is 2. The first-order chi connectivity index (χ1) is 13.1. The standard InChI is InChI=1S/C20H19BrN2O3S/c21-16-11-9-15(10-12-16)18-22-19(20(26-18)23-13-5-2-6-14-23)27(24,25)17-7-3-1-4-8-17/h1,3-4,7-12H,2,5-6,13-14H2. The molecule has 0 saturated carbocycles. The number of nitrogens with zero attached hydrogens (tertiary/aromatic N) is 2. The highest BCUT2D eigenvalue weighted by molar-refractivity contribution is 9.10. The van der Waals surface area contributed by atoms with Gasteiger partial charge in [-0.2, -0.15) is 4.98 Å². The van der Waals surface area contributed by atoms with E-state index in [0.717, 1.165) is 42.4 Å². The Balaban J connectivity index is 1.84. The van der Waals surface area contributed by atoms with Crippen LogP contribution in [0.1, 0.15) is 19.3 Å². The smallest absolute Gasteiger partial charge is 0.236 e. The van der Waals surface area contributed by atoms with Crippen LogP contribution in [-0.2, 0) is 9.84 Å². The molecular formula is C20H19BrN2O3S. The Labute approximate surface area is 167 Å². The first kappa shape index (κ1) is 18.3. The van der Waals surface area contributed by atoms with Crippen molar-refractivity contribution in [3.8, 4) is 11.5 Å². The van der Waals surface area contributed by atoms with Gasteiger partial charge in [-0.3, -0.25) is 0 Å². The van der Waals surface area contributed by atoms with Crippen LogP contribution in [0.25, 0.3) is 11.5 Å². The second-order valence-electron chi connectivity index (χ2n) is 6.50. The average molecular weight is 447 g/mol. The summed E-state index contributed by atoms with van der Waals surface area (Å²) in [6.45, 7) is 1.54. The van der Waals surface area contributed by atoms with E-state index < -0.39 is 9.84 Å². The molecule has 27 heavy (non-hydrogen) atoms. The van der Waals surface area contributed by atoms with Gasteiger partial charge in [0.2, 0.25) is 26.6 Å². The number of aromatic nitrogens is 1. The second kappa shape index (κ2) is 7.48. The summed E-state index contributed by atoms with van der Waals surface area (Å²) in [6, 6.07) is 15.9. The molecule has 5 nitrogen and oxygen atoms in total. The molecule has 0 atom stereocenters. The summed E-state index contributed by atoms with van der Waals surface area (Å²) in [4.78, 5) is 6.64. The van der Waals surface area contributed by atoms with Crippen LogP contribution in [0, 0.1) is 0 Å². The normalized spacial score (nSPS) is 15.1. The van der Waals surface area contributed by atoms with Crippen molar-refractivity contribution >= 4 is 31.7 Å². The van der Waals surface area contributed by atoms with Crippen molar-refractivity contribution in [2.75, 3.05) is 18.0 Å². The Hall–Kier alpha value is -2.12. The van der Waals surface area contributed by atoms with Crippen molar-refractivity contribution in [2.24, 2.45) is 0 Å². The van der Waals surface area contributed by atoms with Crippen LogP contribution < -0.4 is 4.90 Å². The lowest BCUT2D eigenvalue weighted by Gasteiger charge is -2.26. The SMILES string of the molecule is O=S(=O)(c1ccccc1)c1nc(-c2ccc(Br)cc2)oc1N1CCCCC1. The molecule has 1 saturated heterocycles. The molecular weight excluding hydrogens is 428 g/mol. The molecule has 140 valence electrons. The zero-order valence-corrected chi connectivity index (χ0v) is 17.0. The van der Waals surface area contributed by atoms with Gasteiger partial charge in [-0.25, -0.2) is 8.42 Å². The first-order valence-electron chi connectivity index (χ1n) is 8.87. The second-order valence-corrected chi connectivity index (χ2v) is 9.28. The van der Waals surface area contributed by atoms with Crippen LogP contribution in [0.4, 0.5) is 5.88 Å². The predicted octanol–water partition coefficient (Wildman–Crippen LogP) is 4.93. The zero-order valence-electron chi connectivity index (χ0n) is 14.6. The van der Waals surface area contributed by atoms with Gasteiger partial charge in [-0.1, -0.05) is 34.1 Å². The molecule has 2 heterocycles. The third-order valence-electron chi connectivity index (χ3n) is 4.62. The Morgan fingerprint density at radius 3 is 2.26 bits per heavy atom. The molecule has 0 spiro atoms. The molecule has 1 aromatic heterocycles. The molecule has 3 aromatic rings. The number of hydrogen-bond donors (Lipinski definition) is 0. The minimum atomic E-state index is -3.77. The number of hydrogen-bond acceptors (Lipinski definition) is 5. The topological polar surface area (TPSA) is 63.4 Å². The Morgan fingerprint density at radius 1 is 0.926 bits per heavy atom. The van der Waals surface area contributed by atoms with Gasteiger partial charge in [0.15, 0.2) is 0 Å². The summed E-state index contributed by atoms with van der Waals surface area (Å²) in [7, 11) is -3.77. The monoisotopic (exact) mass is 446 g/mol. The lowest BCUT2D eigenvalue weighted by molar-refractivity contribution is 0.499. The Morgan fingerprint density at radius 2 is 1.59 bits per heavy atom. The lowest BCUT2D eigenvalue weighted by Crippen LogP contribution is -2.30. The fraction of sp³-hybridized carbons (Fsp3) is 0.250. The molecule has 2 aromatic carbocycles.